The number of ether oxygens (including phenoxy) is 1. The largest absolute Gasteiger partial charge is 0.496 e. The van der Waals surface area contributed by atoms with Crippen LogP contribution in [-0.4, -0.2) is 25.1 Å². The van der Waals surface area contributed by atoms with Crippen LogP contribution in [0.1, 0.15) is 31.9 Å². The van der Waals surface area contributed by atoms with Crippen molar-refractivity contribution in [1.82, 2.24) is 0 Å². The number of nitrogens with zero attached hydrogens (tertiary/aromatic N) is 3. The standard InChI is InChI=1S/C30H27N3O2S/c1-19-11-13-27(30(35-3)20(19)2)21-8-6-9-23(15-21)28(34)16-22-7-4-5-10-26(22)29-14-12-25(36-29)17-24-18-31-33-32-24/h4-15H,16-18H2,1-3H3. The summed E-state index contributed by atoms with van der Waals surface area (Å²) >= 11 is 1.73. The van der Waals surface area contributed by atoms with Gasteiger partial charge in [0.05, 0.1) is 12.8 Å². The van der Waals surface area contributed by atoms with Crippen LogP contribution in [0.2, 0.25) is 0 Å². The van der Waals surface area contributed by atoms with E-state index < -0.39 is 0 Å². The minimum atomic E-state index is 0.0902. The monoisotopic (exact) mass is 493 g/mol. The molecule has 0 saturated heterocycles. The zero-order valence-electron chi connectivity index (χ0n) is 20.6. The number of aryl methyl sites for hydroxylation is 1. The van der Waals surface area contributed by atoms with Crippen LogP contribution < -0.4 is 4.74 Å². The lowest BCUT2D eigenvalue weighted by Gasteiger charge is -2.14. The SMILES string of the molecule is COc1c(-c2cccc(C(=O)Cc3ccccc3-c3ccc(CC4=NN=NC4)s3)c2)ccc(C)c1C. The predicted molar refractivity (Wildman–Crippen MR) is 147 cm³/mol. The average Bonchev–Trinajstić information content (AvgIpc) is 3.59. The Kier molecular flexibility index (Phi) is 6.87. The van der Waals surface area contributed by atoms with E-state index in [0.717, 1.165) is 50.6 Å². The van der Waals surface area contributed by atoms with Crippen molar-refractivity contribution < 1.29 is 9.53 Å². The molecule has 0 atom stereocenters. The summed E-state index contributed by atoms with van der Waals surface area (Å²) in [6, 6.07) is 24.4. The molecule has 3 aromatic carbocycles. The first kappa shape index (κ1) is 23.8. The average molecular weight is 494 g/mol. The van der Waals surface area contributed by atoms with Crippen molar-refractivity contribution in [3.05, 3.63) is 99.9 Å². The first-order chi connectivity index (χ1) is 17.5. The maximum Gasteiger partial charge on any atom is 0.167 e. The van der Waals surface area contributed by atoms with E-state index in [-0.39, 0.29) is 5.78 Å². The summed E-state index contributed by atoms with van der Waals surface area (Å²) in [5.41, 5.74) is 8.05. The van der Waals surface area contributed by atoms with Gasteiger partial charge in [0.2, 0.25) is 0 Å². The molecule has 0 fully saturated rings. The van der Waals surface area contributed by atoms with Crippen molar-refractivity contribution in [3.63, 3.8) is 0 Å². The predicted octanol–water partition coefficient (Wildman–Crippen LogP) is 7.50. The number of benzene rings is 3. The van der Waals surface area contributed by atoms with Crippen molar-refractivity contribution in [2.45, 2.75) is 26.7 Å². The van der Waals surface area contributed by atoms with Gasteiger partial charge in [-0.05, 0) is 65.1 Å². The second-order valence-electron chi connectivity index (χ2n) is 8.92. The minimum Gasteiger partial charge on any atom is -0.496 e. The lowest BCUT2D eigenvalue weighted by atomic mass is 9.94. The van der Waals surface area contributed by atoms with Gasteiger partial charge in [-0.1, -0.05) is 54.6 Å². The number of ketones is 1. The van der Waals surface area contributed by atoms with Crippen LogP contribution in [0.5, 0.6) is 5.75 Å². The third-order valence-electron chi connectivity index (χ3n) is 6.55. The summed E-state index contributed by atoms with van der Waals surface area (Å²) in [5.74, 6) is 0.941. The van der Waals surface area contributed by atoms with Crippen LogP contribution in [0.4, 0.5) is 0 Å². The Balaban J connectivity index is 1.39. The number of carbonyl (C=O) groups is 1. The molecule has 36 heavy (non-hydrogen) atoms. The zero-order valence-corrected chi connectivity index (χ0v) is 21.4. The third kappa shape index (κ3) is 4.90. The zero-order chi connectivity index (χ0) is 25.1. The summed E-state index contributed by atoms with van der Waals surface area (Å²) in [4.78, 5) is 15.8. The molecule has 0 amide bonds. The van der Waals surface area contributed by atoms with Crippen LogP contribution in [0.15, 0.2) is 88.2 Å². The molecule has 6 heteroatoms. The normalized spacial score (nSPS) is 12.6. The molecule has 1 aliphatic heterocycles. The topological polar surface area (TPSA) is 63.4 Å². The summed E-state index contributed by atoms with van der Waals surface area (Å²) in [6.45, 7) is 4.71. The molecule has 4 aromatic rings. The van der Waals surface area contributed by atoms with Gasteiger partial charge in [-0.2, -0.15) is 5.11 Å². The number of methoxy groups -OCH3 is 1. The highest BCUT2D eigenvalue weighted by atomic mass is 32.1. The van der Waals surface area contributed by atoms with Crippen LogP contribution in [0, 0.1) is 13.8 Å². The Morgan fingerprint density at radius 3 is 2.64 bits per heavy atom. The smallest absolute Gasteiger partial charge is 0.167 e. The molecule has 2 heterocycles. The van der Waals surface area contributed by atoms with Crippen molar-refractivity contribution >= 4 is 22.8 Å². The number of carbonyl (C=O) groups excluding carboxylic acids is 1. The van der Waals surface area contributed by atoms with E-state index in [0.29, 0.717) is 18.5 Å². The fourth-order valence-corrected chi connectivity index (χ4v) is 5.58. The number of hydrogen-bond acceptors (Lipinski definition) is 6. The van der Waals surface area contributed by atoms with Gasteiger partial charge >= 0.3 is 0 Å². The highest BCUT2D eigenvalue weighted by Crippen LogP contribution is 2.36. The van der Waals surface area contributed by atoms with Gasteiger partial charge in [-0.3, -0.25) is 4.79 Å². The minimum absolute atomic E-state index is 0.0902. The Morgan fingerprint density at radius 1 is 0.972 bits per heavy atom. The molecule has 0 bridgehead atoms. The number of hydrogen-bond donors (Lipinski definition) is 0. The molecule has 0 saturated carbocycles. The Labute approximate surface area is 215 Å². The maximum absolute atomic E-state index is 13.4. The van der Waals surface area contributed by atoms with E-state index in [1.54, 1.807) is 18.4 Å². The molecule has 1 aliphatic rings. The van der Waals surface area contributed by atoms with Gasteiger partial charge in [0.15, 0.2) is 5.78 Å². The lowest BCUT2D eigenvalue weighted by molar-refractivity contribution is 0.0993. The number of rotatable bonds is 8. The molecule has 0 aliphatic carbocycles. The highest BCUT2D eigenvalue weighted by Gasteiger charge is 2.16. The van der Waals surface area contributed by atoms with E-state index >= 15 is 0 Å². The Hall–Kier alpha value is -3.90. The summed E-state index contributed by atoms with van der Waals surface area (Å²) < 4.78 is 5.71. The lowest BCUT2D eigenvalue weighted by Crippen LogP contribution is -2.05. The molecule has 0 spiro atoms. The second-order valence-corrected chi connectivity index (χ2v) is 10.1. The van der Waals surface area contributed by atoms with Gasteiger partial charge in [0.25, 0.3) is 0 Å². The van der Waals surface area contributed by atoms with E-state index in [4.69, 9.17) is 4.74 Å². The van der Waals surface area contributed by atoms with E-state index in [1.807, 2.05) is 42.5 Å². The Morgan fingerprint density at radius 2 is 1.83 bits per heavy atom. The van der Waals surface area contributed by atoms with E-state index in [9.17, 15) is 4.79 Å². The fourth-order valence-electron chi connectivity index (χ4n) is 4.48. The van der Waals surface area contributed by atoms with Gasteiger partial charge in [0, 0.05) is 33.7 Å². The molecular formula is C30H27N3O2S. The van der Waals surface area contributed by atoms with Crippen LogP contribution in [0.25, 0.3) is 21.6 Å². The third-order valence-corrected chi connectivity index (χ3v) is 7.67. The maximum atomic E-state index is 13.4. The number of thiophene rings is 1. The van der Waals surface area contributed by atoms with Crippen molar-refractivity contribution in [3.8, 4) is 27.3 Å². The van der Waals surface area contributed by atoms with Gasteiger partial charge in [-0.15, -0.1) is 16.4 Å². The van der Waals surface area contributed by atoms with E-state index in [2.05, 4.69) is 59.6 Å². The van der Waals surface area contributed by atoms with Crippen LogP contribution in [0.3, 0.4) is 0 Å². The first-order valence-electron chi connectivity index (χ1n) is 11.9. The van der Waals surface area contributed by atoms with E-state index in [1.165, 1.54) is 10.4 Å². The Bertz CT molecular complexity index is 1500. The molecule has 0 unspecified atom stereocenters. The van der Waals surface area contributed by atoms with Crippen molar-refractivity contribution in [2.75, 3.05) is 13.7 Å². The molecule has 5 rings (SSSR count). The van der Waals surface area contributed by atoms with Gasteiger partial charge in [-0.25, -0.2) is 0 Å². The fraction of sp³-hybridized carbons (Fsp3) is 0.200. The molecule has 180 valence electrons. The summed E-state index contributed by atoms with van der Waals surface area (Å²) in [6.07, 6.45) is 1.09. The number of Topliss-reactive ketones (excluding diaryl/α,β-unsaturated/α-hetero) is 1. The van der Waals surface area contributed by atoms with Gasteiger partial charge < -0.3 is 4.74 Å². The molecule has 0 N–H and O–H groups in total. The molecule has 1 aromatic heterocycles. The quantitative estimate of drug-likeness (QED) is 0.239. The second kappa shape index (κ2) is 10.4. The van der Waals surface area contributed by atoms with Crippen molar-refractivity contribution in [2.24, 2.45) is 15.4 Å². The van der Waals surface area contributed by atoms with Gasteiger partial charge in [0.1, 0.15) is 12.3 Å². The van der Waals surface area contributed by atoms with Crippen LogP contribution >= 0.6 is 11.3 Å². The molecular weight excluding hydrogens is 466 g/mol. The molecule has 5 nitrogen and oxygen atoms in total. The van der Waals surface area contributed by atoms with Crippen LogP contribution in [-0.2, 0) is 12.8 Å². The summed E-state index contributed by atoms with van der Waals surface area (Å²) in [7, 11) is 1.69. The highest BCUT2D eigenvalue weighted by molar-refractivity contribution is 7.15. The van der Waals surface area contributed by atoms with Crippen molar-refractivity contribution in [1.29, 1.82) is 0 Å². The molecule has 0 radical (unpaired) electrons. The summed E-state index contributed by atoms with van der Waals surface area (Å²) in [5, 5.41) is 11.7. The first-order valence-corrected chi connectivity index (χ1v) is 12.7.